The zero-order valence-electron chi connectivity index (χ0n) is 18.6. The van der Waals surface area contributed by atoms with E-state index in [4.69, 9.17) is 9.47 Å². The number of carboxylic acids is 1. The van der Waals surface area contributed by atoms with Gasteiger partial charge in [0.25, 0.3) is 0 Å². The smallest absolute Gasteiger partial charge is 0.335 e. The van der Waals surface area contributed by atoms with Crippen LogP contribution in [0.15, 0.2) is 36.4 Å². The van der Waals surface area contributed by atoms with Gasteiger partial charge in [-0.25, -0.2) is 4.79 Å². The van der Waals surface area contributed by atoms with E-state index in [1.807, 2.05) is 58.9 Å². The lowest BCUT2D eigenvalue weighted by atomic mass is 9.98. The highest BCUT2D eigenvalue weighted by Gasteiger charge is 2.20. The van der Waals surface area contributed by atoms with Crippen LogP contribution in [0.3, 0.4) is 0 Å². The summed E-state index contributed by atoms with van der Waals surface area (Å²) in [7, 11) is 0. The third kappa shape index (κ3) is 6.61. The molecule has 0 heterocycles. The Hall–Kier alpha value is -2.82. The molecule has 0 unspecified atom stereocenters. The van der Waals surface area contributed by atoms with Gasteiger partial charge in [-0.05, 0) is 62.9 Å². The Morgan fingerprint density at radius 2 is 1.50 bits per heavy atom. The summed E-state index contributed by atoms with van der Waals surface area (Å²) in [5.74, 6) is 0.0189. The van der Waals surface area contributed by atoms with E-state index in [-0.39, 0.29) is 18.0 Å². The summed E-state index contributed by atoms with van der Waals surface area (Å²) < 4.78 is 11.8. The van der Waals surface area contributed by atoms with E-state index in [2.05, 4.69) is 0 Å². The van der Waals surface area contributed by atoms with Crippen molar-refractivity contribution in [3.8, 4) is 11.5 Å². The van der Waals surface area contributed by atoms with Crippen molar-refractivity contribution in [1.82, 2.24) is 0 Å². The van der Waals surface area contributed by atoms with Crippen molar-refractivity contribution < 1.29 is 24.2 Å². The lowest BCUT2D eigenvalue weighted by molar-refractivity contribution is -0.153. The normalized spacial score (nSPS) is 11.2. The monoisotopic (exact) mass is 412 g/mol. The largest absolute Gasteiger partial charge is 0.478 e. The third-order valence-electron chi connectivity index (χ3n) is 4.47. The maximum Gasteiger partial charge on any atom is 0.335 e. The summed E-state index contributed by atoms with van der Waals surface area (Å²) in [5, 5.41) is 9.49. The molecule has 0 radical (unpaired) electrons. The van der Waals surface area contributed by atoms with Gasteiger partial charge >= 0.3 is 11.9 Å². The predicted molar refractivity (Wildman–Crippen MR) is 117 cm³/mol. The summed E-state index contributed by atoms with van der Waals surface area (Å²) in [6, 6.07) is 10.8. The number of carbonyl (C=O) groups is 2. The minimum absolute atomic E-state index is 0.104. The Kier molecular flexibility index (Phi) is 8.04. The number of esters is 1. The molecule has 0 aromatic heterocycles. The van der Waals surface area contributed by atoms with Gasteiger partial charge in [0.05, 0.1) is 12.0 Å². The number of benzene rings is 2. The van der Waals surface area contributed by atoms with Crippen LogP contribution in [0.5, 0.6) is 11.5 Å². The zero-order chi connectivity index (χ0) is 22.3. The van der Waals surface area contributed by atoms with E-state index in [0.29, 0.717) is 24.3 Å². The molecule has 0 aliphatic heterocycles. The lowest BCUT2D eigenvalue weighted by Gasteiger charge is -2.21. The van der Waals surface area contributed by atoms with Crippen LogP contribution in [0.25, 0.3) is 0 Å². The molecule has 0 atom stereocenters. The summed E-state index contributed by atoms with van der Waals surface area (Å²) in [5.41, 5.74) is 2.19. The van der Waals surface area contributed by atoms with Crippen LogP contribution in [-0.4, -0.2) is 22.6 Å². The van der Waals surface area contributed by atoms with E-state index in [1.54, 1.807) is 12.1 Å². The van der Waals surface area contributed by atoms with Crippen molar-refractivity contribution >= 4 is 11.9 Å². The Morgan fingerprint density at radius 1 is 0.933 bits per heavy atom. The molecule has 162 valence electrons. The zero-order valence-corrected chi connectivity index (χ0v) is 18.6. The number of ether oxygens (including phenoxy) is 2. The summed E-state index contributed by atoms with van der Waals surface area (Å²) in [4.78, 5) is 23.9. The number of hydrogen-bond acceptors (Lipinski definition) is 4. The Balaban J connectivity index is 2.44. The van der Waals surface area contributed by atoms with E-state index < -0.39 is 11.6 Å². The SMILES string of the molecule is CCCc1cc(C(=O)O)cc(CCC)c1Oc1ccccc1CC(=O)OC(C)(C)C. The van der Waals surface area contributed by atoms with Crippen molar-refractivity contribution in [2.45, 2.75) is 72.3 Å². The van der Waals surface area contributed by atoms with E-state index in [1.165, 1.54) is 0 Å². The van der Waals surface area contributed by atoms with Crippen molar-refractivity contribution in [2.24, 2.45) is 0 Å². The van der Waals surface area contributed by atoms with Crippen LogP contribution in [0.4, 0.5) is 0 Å². The molecular formula is C25H32O5. The standard InChI is InChI=1S/C25H32O5/c1-6-10-18-14-20(24(27)28)15-19(11-7-2)23(18)29-21-13-9-8-12-17(21)16-22(26)30-25(3,4)5/h8-9,12-15H,6-7,10-11,16H2,1-5H3,(H,27,28). The van der Waals surface area contributed by atoms with Gasteiger partial charge in [-0.1, -0.05) is 44.9 Å². The first-order valence-corrected chi connectivity index (χ1v) is 10.5. The topological polar surface area (TPSA) is 72.8 Å². The Labute approximate surface area is 179 Å². The van der Waals surface area contributed by atoms with Crippen molar-refractivity contribution in [1.29, 1.82) is 0 Å². The van der Waals surface area contributed by atoms with Crippen molar-refractivity contribution in [2.75, 3.05) is 0 Å². The second-order valence-corrected chi connectivity index (χ2v) is 8.40. The summed E-state index contributed by atoms with van der Waals surface area (Å²) >= 11 is 0. The maximum absolute atomic E-state index is 12.3. The highest BCUT2D eigenvalue weighted by atomic mass is 16.6. The van der Waals surface area contributed by atoms with Gasteiger partial charge in [0.2, 0.25) is 0 Å². The minimum atomic E-state index is -0.943. The van der Waals surface area contributed by atoms with E-state index in [0.717, 1.165) is 29.5 Å². The number of hydrogen-bond donors (Lipinski definition) is 1. The predicted octanol–water partition coefficient (Wildman–Crippen LogP) is 5.97. The fourth-order valence-electron chi connectivity index (χ4n) is 3.31. The first kappa shape index (κ1) is 23.5. The number of aromatic carboxylic acids is 1. The highest BCUT2D eigenvalue weighted by molar-refractivity contribution is 5.88. The lowest BCUT2D eigenvalue weighted by Crippen LogP contribution is -2.25. The van der Waals surface area contributed by atoms with Gasteiger partial charge in [0, 0.05) is 5.56 Å². The average molecular weight is 413 g/mol. The molecule has 0 aliphatic carbocycles. The minimum Gasteiger partial charge on any atom is -0.478 e. The molecular weight excluding hydrogens is 380 g/mol. The van der Waals surface area contributed by atoms with Crippen LogP contribution >= 0.6 is 0 Å². The molecule has 2 aromatic rings. The number of para-hydroxylation sites is 1. The Morgan fingerprint density at radius 3 is 2.00 bits per heavy atom. The van der Waals surface area contributed by atoms with Gasteiger partial charge in [-0.2, -0.15) is 0 Å². The number of rotatable bonds is 9. The van der Waals surface area contributed by atoms with Crippen LogP contribution in [-0.2, 0) is 28.8 Å². The van der Waals surface area contributed by atoms with Crippen LogP contribution in [0.1, 0.15) is 74.5 Å². The van der Waals surface area contributed by atoms with Gasteiger partial charge < -0.3 is 14.6 Å². The molecule has 0 amide bonds. The molecule has 30 heavy (non-hydrogen) atoms. The second-order valence-electron chi connectivity index (χ2n) is 8.40. The van der Waals surface area contributed by atoms with Gasteiger partial charge in [-0.3, -0.25) is 4.79 Å². The highest BCUT2D eigenvalue weighted by Crippen LogP contribution is 2.34. The molecule has 0 aliphatic rings. The maximum atomic E-state index is 12.3. The molecule has 0 saturated carbocycles. The number of aryl methyl sites for hydroxylation is 2. The molecule has 0 fully saturated rings. The average Bonchev–Trinajstić information content (AvgIpc) is 2.64. The molecule has 5 heteroatoms. The fraction of sp³-hybridized carbons (Fsp3) is 0.440. The molecule has 0 bridgehead atoms. The number of carboxylic acid groups (broad SMARTS) is 1. The Bertz CT molecular complexity index is 866. The molecule has 0 saturated heterocycles. The van der Waals surface area contributed by atoms with Gasteiger partial charge in [0.15, 0.2) is 0 Å². The first-order valence-electron chi connectivity index (χ1n) is 10.5. The molecule has 1 N–H and O–H groups in total. The summed E-state index contributed by atoms with van der Waals surface area (Å²) in [6.07, 6.45) is 3.25. The first-order chi connectivity index (χ1) is 14.1. The van der Waals surface area contributed by atoms with Gasteiger partial charge in [0.1, 0.15) is 17.1 Å². The summed E-state index contributed by atoms with van der Waals surface area (Å²) in [6.45, 7) is 9.61. The van der Waals surface area contributed by atoms with Crippen molar-refractivity contribution in [3.63, 3.8) is 0 Å². The van der Waals surface area contributed by atoms with Gasteiger partial charge in [-0.15, -0.1) is 0 Å². The van der Waals surface area contributed by atoms with Crippen LogP contribution < -0.4 is 4.74 Å². The quantitative estimate of drug-likeness (QED) is 0.514. The van der Waals surface area contributed by atoms with Crippen LogP contribution in [0, 0.1) is 0 Å². The van der Waals surface area contributed by atoms with E-state index in [9.17, 15) is 14.7 Å². The molecule has 2 rings (SSSR count). The van der Waals surface area contributed by atoms with E-state index >= 15 is 0 Å². The molecule has 2 aromatic carbocycles. The second kappa shape index (κ2) is 10.3. The third-order valence-corrected chi connectivity index (χ3v) is 4.47. The molecule has 0 spiro atoms. The fourth-order valence-corrected chi connectivity index (χ4v) is 3.31. The number of carbonyl (C=O) groups excluding carboxylic acids is 1. The molecule has 5 nitrogen and oxygen atoms in total. The van der Waals surface area contributed by atoms with Crippen LogP contribution in [0.2, 0.25) is 0 Å². The van der Waals surface area contributed by atoms with Crippen molar-refractivity contribution in [3.05, 3.63) is 58.7 Å².